The number of rotatable bonds is 4. The zero-order valence-corrected chi connectivity index (χ0v) is 12.4. The smallest absolute Gasteiger partial charge is 0.341 e. The summed E-state index contributed by atoms with van der Waals surface area (Å²) < 4.78 is 12.4. The lowest BCUT2D eigenvalue weighted by Gasteiger charge is -2.07. The molecule has 0 saturated heterocycles. The van der Waals surface area contributed by atoms with Crippen molar-refractivity contribution in [1.82, 2.24) is 9.38 Å². The van der Waals surface area contributed by atoms with Crippen molar-refractivity contribution in [3.8, 4) is 5.75 Å². The molecule has 22 heavy (non-hydrogen) atoms. The number of imidazole rings is 1. The lowest BCUT2D eigenvalue weighted by atomic mass is 10.2. The Kier molecular flexibility index (Phi) is 3.78. The summed E-state index contributed by atoms with van der Waals surface area (Å²) in [5, 5.41) is 0. The van der Waals surface area contributed by atoms with Gasteiger partial charge in [0.1, 0.15) is 17.9 Å². The van der Waals surface area contributed by atoms with Gasteiger partial charge in [-0.15, -0.1) is 0 Å². The van der Waals surface area contributed by atoms with Crippen LogP contribution in [0, 0.1) is 6.92 Å². The molecule has 0 aliphatic rings. The Hall–Kier alpha value is -2.82. The van der Waals surface area contributed by atoms with Crippen molar-refractivity contribution in [2.45, 2.75) is 13.5 Å². The maximum Gasteiger partial charge on any atom is 0.341 e. The number of aryl methyl sites for hydroxylation is 1. The first-order chi connectivity index (χ1) is 10.7. The number of aromatic nitrogens is 2. The average Bonchev–Trinajstić information content (AvgIpc) is 2.95. The molecule has 0 aliphatic carbocycles. The van der Waals surface area contributed by atoms with Crippen molar-refractivity contribution in [3.05, 3.63) is 65.6 Å². The van der Waals surface area contributed by atoms with Crippen LogP contribution in [0.1, 0.15) is 21.6 Å². The molecule has 112 valence electrons. The maximum atomic E-state index is 11.7. The predicted octanol–water partition coefficient (Wildman–Crippen LogP) is 3.01. The van der Waals surface area contributed by atoms with Crippen molar-refractivity contribution in [1.29, 1.82) is 0 Å². The van der Waals surface area contributed by atoms with Gasteiger partial charge in [0.2, 0.25) is 0 Å². The molecular weight excluding hydrogens is 280 g/mol. The second kappa shape index (κ2) is 5.89. The summed E-state index contributed by atoms with van der Waals surface area (Å²) in [5.74, 6) is 0.404. The number of hydrogen-bond donors (Lipinski definition) is 0. The highest BCUT2D eigenvalue weighted by atomic mass is 16.5. The molecule has 0 saturated carbocycles. The molecular formula is C17H16N2O3. The van der Waals surface area contributed by atoms with Gasteiger partial charge in [0.25, 0.3) is 0 Å². The standard InChI is InChI=1S/C17H16N2O3/c1-12-5-3-6-14(9-12)22-11-13-10-18-16-15(17(20)21-2)7-4-8-19(13)16/h3-10H,11H2,1-2H3. The second-order valence-electron chi connectivity index (χ2n) is 4.96. The van der Waals surface area contributed by atoms with Gasteiger partial charge in [0.15, 0.2) is 5.65 Å². The molecule has 0 atom stereocenters. The van der Waals surface area contributed by atoms with E-state index in [4.69, 9.17) is 9.47 Å². The molecule has 3 rings (SSSR count). The van der Waals surface area contributed by atoms with E-state index in [0.717, 1.165) is 17.0 Å². The minimum atomic E-state index is -0.401. The van der Waals surface area contributed by atoms with E-state index in [-0.39, 0.29) is 0 Å². The zero-order chi connectivity index (χ0) is 15.5. The molecule has 5 nitrogen and oxygen atoms in total. The minimum absolute atomic E-state index is 0.370. The molecule has 0 aliphatic heterocycles. The van der Waals surface area contributed by atoms with Crippen LogP contribution < -0.4 is 4.74 Å². The maximum absolute atomic E-state index is 11.7. The predicted molar refractivity (Wildman–Crippen MR) is 82.0 cm³/mol. The van der Waals surface area contributed by atoms with Gasteiger partial charge in [-0.2, -0.15) is 0 Å². The van der Waals surface area contributed by atoms with Crippen molar-refractivity contribution < 1.29 is 14.3 Å². The number of ether oxygens (including phenoxy) is 2. The van der Waals surface area contributed by atoms with Gasteiger partial charge in [-0.05, 0) is 36.8 Å². The SMILES string of the molecule is COC(=O)c1cccn2c(COc3cccc(C)c3)cnc12. The van der Waals surface area contributed by atoms with E-state index in [0.29, 0.717) is 17.8 Å². The normalized spacial score (nSPS) is 10.6. The van der Waals surface area contributed by atoms with Gasteiger partial charge < -0.3 is 9.47 Å². The number of fused-ring (bicyclic) bond motifs is 1. The Morgan fingerprint density at radius 1 is 1.27 bits per heavy atom. The van der Waals surface area contributed by atoms with Gasteiger partial charge >= 0.3 is 5.97 Å². The van der Waals surface area contributed by atoms with Crippen LogP contribution in [-0.2, 0) is 11.3 Å². The molecule has 3 aromatic rings. The topological polar surface area (TPSA) is 52.8 Å². The highest BCUT2D eigenvalue weighted by molar-refractivity contribution is 5.95. The molecule has 0 N–H and O–H groups in total. The van der Waals surface area contributed by atoms with E-state index in [9.17, 15) is 4.79 Å². The van der Waals surface area contributed by atoms with Gasteiger partial charge in [0, 0.05) is 6.20 Å². The summed E-state index contributed by atoms with van der Waals surface area (Å²) >= 11 is 0. The Balaban J connectivity index is 1.87. The third kappa shape index (κ3) is 2.65. The lowest BCUT2D eigenvalue weighted by molar-refractivity contribution is 0.0602. The number of methoxy groups -OCH3 is 1. The van der Waals surface area contributed by atoms with Crippen molar-refractivity contribution >= 4 is 11.6 Å². The number of carbonyl (C=O) groups excluding carboxylic acids is 1. The molecule has 0 amide bonds. The van der Waals surface area contributed by atoms with Crippen molar-refractivity contribution in [2.75, 3.05) is 7.11 Å². The Labute approximate surface area is 128 Å². The molecule has 0 fully saturated rings. The monoisotopic (exact) mass is 296 g/mol. The number of esters is 1. The fourth-order valence-corrected chi connectivity index (χ4v) is 2.30. The third-order valence-corrected chi connectivity index (χ3v) is 3.39. The fourth-order valence-electron chi connectivity index (χ4n) is 2.30. The van der Waals surface area contributed by atoms with Crippen LogP contribution in [0.4, 0.5) is 0 Å². The number of benzene rings is 1. The van der Waals surface area contributed by atoms with Crippen LogP contribution >= 0.6 is 0 Å². The van der Waals surface area contributed by atoms with Crippen LogP contribution in [0.5, 0.6) is 5.75 Å². The lowest BCUT2D eigenvalue weighted by Crippen LogP contribution is -2.05. The summed E-state index contributed by atoms with van der Waals surface area (Å²) in [6, 6.07) is 11.3. The number of pyridine rings is 1. The second-order valence-corrected chi connectivity index (χ2v) is 4.96. The molecule has 0 radical (unpaired) electrons. The summed E-state index contributed by atoms with van der Waals surface area (Å²) in [6.45, 7) is 2.39. The quantitative estimate of drug-likeness (QED) is 0.694. The molecule has 0 unspecified atom stereocenters. The highest BCUT2D eigenvalue weighted by Crippen LogP contribution is 2.17. The van der Waals surface area contributed by atoms with Gasteiger partial charge in [-0.3, -0.25) is 4.40 Å². The van der Waals surface area contributed by atoms with Crippen LogP contribution in [-0.4, -0.2) is 22.5 Å². The van der Waals surface area contributed by atoms with Crippen molar-refractivity contribution in [3.63, 3.8) is 0 Å². The Morgan fingerprint density at radius 3 is 2.91 bits per heavy atom. The fraction of sp³-hybridized carbons (Fsp3) is 0.176. The summed E-state index contributed by atoms with van der Waals surface area (Å²) in [5.41, 5.74) is 3.01. The highest BCUT2D eigenvalue weighted by Gasteiger charge is 2.14. The molecule has 5 heteroatoms. The van der Waals surface area contributed by atoms with Gasteiger partial charge in [-0.25, -0.2) is 9.78 Å². The third-order valence-electron chi connectivity index (χ3n) is 3.39. The van der Waals surface area contributed by atoms with E-state index < -0.39 is 5.97 Å². The first-order valence-corrected chi connectivity index (χ1v) is 6.92. The molecule has 2 heterocycles. The van der Waals surface area contributed by atoms with E-state index in [2.05, 4.69) is 4.98 Å². The molecule has 0 bridgehead atoms. The van der Waals surface area contributed by atoms with E-state index in [1.54, 1.807) is 18.3 Å². The average molecular weight is 296 g/mol. The number of hydrogen-bond acceptors (Lipinski definition) is 4. The zero-order valence-electron chi connectivity index (χ0n) is 12.4. The van der Waals surface area contributed by atoms with Gasteiger partial charge in [-0.1, -0.05) is 12.1 Å². The van der Waals surface area contributed by atoms with Crippen LogP contribution in [0.25, 0.3) is 5.65 Å². The summed E-state index contributed by atoms with van der Waals surface area (Å²) in [7, 11) is 1.36. The molecule has 2 aromatic heterocycles. The first-order valence-electron chi connectivity index (χ1n) is 6.92. The molecule has 1 aromatic carbocycles. The van der Waals surface area contributed by atoms with E-state index >= 15 is 0 Å². The first kappa shape index (κ1) is 14.1. The van der Waals surface area contributed by atoms with Crippen LogP contribution in [0.15, 0.2) is 48.8 Å². The van der Waals surface area contributed by atoms with Gasteiger partial charge in [0.05, 0.1) is 19.0 Å². The minimum Gasteiger partial charge on any atom is -0.487 e. The summed E-state index contributed by atoms with van der Waals surface area (Å²) in [6.07, 6.45) is 3.56. The largest absolute Gasteiger partial charge is 0.487 e. The Morgan fingerprint density at radius 2 is 2.14 bits per heavy atom. The molecule has 0 spiro atoms. The Bertz CT molecular complexity index is 824. The number of carbonyl (C=O) groups is 1. The van der Waals surface area contributed by atoms with Crippen LogP contribution in [0.3, 0.4) is 0 Å². The van der Waals surface area contributed by atoms with Crippen LogP contribution in [0.2, 0.25) is 0 Å². The van der Waals surface area contributed by atoms with Crippen molar-refractivity contribution in [2.24, 2.45) is 0 Å². The summed E-state index contributed by atoms with van der Waals surface area (Å²) in [4.78, 5) is 16.0. The van der Waals surface area contributed by atoms with E-state index in [1.165, 1.54) is 7.11 Å². The number of nitrogens with zero attached hydrogens (tertiary/aromatic N) is 2. The van der Waals surface area contributed by atoms with E-state index in [1.807, 2.05) is 41.8 Å².